The maximum Gasteiger partial charge on any atom is -0.0206 e. The van der Waals surface area contributed by atoms with Crippen LogP contribution in [0.25, 0.3) is 0 Å². The van der Waals surface area contributed by atoms with Crippen LogP contribution >= 0.6 is 0 Å². The van der Waals surface area contributed by atoms with Crippen molar-refractivity contribution >= 4 is 0 Å². The van der Waals surface area contributed by atoms with Crippen molar-refractivity contribution in [1.82, 2.24) is 6.15 Å². The van der Waals surface area contributed by atoms with E-state index in [4.69, 9.17) is 0 Å². The highest BCUT2D eigenvalue weighted by Gasteiger charge is 1.99. The summed E-state index contributed by atoms with van der Waals surface area (Å²) in [6.45, 7) is 10.0. The third-order valence-corrected chi connectivity index (χ3v) is 0.612. The Balaban J connectivity index is 0. The first kappa shape index (κ1) is 9.85. The third kappa shape index (κ3) is 10.7. The zero-order valence-electron chi connectivity index (χ0n) is 5.49. The summed E-state index contributed by atoms with van der Waals surface area (Å²) < 4.78 is 0. The predicted octanol–water partition coefficient (Wildman–Crippen LogP) is 2.38. The van der Waals surface area contributed by atoms with Crippen molar-refractivity contribution in [3.63, 3.8) is 0 Å². The first-order valence-corrected chi connectivity index (χ1v) is 2.20. The van der Waals surface area contributed by atoms with Gasteiger partial charge in [-0.15, -0.1) is 6.58 Å². The Labute approximate surface area is 46.0 Å². The summed E-state index contributed by atoms with van der Waals surface area (Å²) in [4.78, 5) is 0. The van der Waals surface area contributed by atoms with Gasteiger partial charge in [-0.3, -0.25) is 0 Å². The third-order valence-electron chi connectivity index (χ3n) is 0.612. The van der Waals surface area contributed by atoms with Gasteiger partial charge >= 0.3 is 0 Å². The van der Waals surface area contributed by atoms with Crippen molar-refractivity contribution in [1.29, 1.82) is 0 Å². The molecule has 0 aliphatic heterocycles. The SMILES string of the molecule is C=CC(C)(C)C.N. The van der Waals surface area contributed by atoms with Crippen LogP contribution in [0.3, 0.4) is 0 Å². The van der Waals surface area contributed by atoms with Crippen molar-refractivity contribution in [2.75, 3.05) is 0 Å². The van der Waals surface area contributed by atoms with Gasteiger partial charge in [0.1, 0.15) is 0 Å². The van der Waals surface area contributed by atoms with E-state index in [1.807, 2.05) is 6.08 Å². The van der Waals surface area contributed by atoms with Gasteiger partial charge in [0.25, 0.3) is 0 Å². The molecule has 0 aromatic carbocycles. The lowest BCUT2D eigenvalue weighted by molar-refractivity contribution is 0.546. The summed E-state index contributed by atoms with van der Waals surface area (Å²) >= 11 is 0. The van der Waals surface area contributed by atoms with E-state index in [-0.39, 0.29) is 6.15 Å². The summed E-state index contributed by atoms with van der Waals surface area (Å²) in [7, 11) is 0. The van der Waals surface area contributed by atoms with Gasteiger partial charge in [-0.25, -0.2) is 0 Å². The fourth-order valence-corrected chi connectivity index (χ4v) is 0. The van der Waals surface area contributed by atoms with Gasteiger partial charge in [0.05, 0.1) is 0 Å². The quantitative estimate of drug-likeness (QED) is 0.467. The first-order chi connectivity index (χ1) is 2.56. The maximum atomic E-state index is 3.63. The molecule has 0 saturated carbocycles. The zero-order valence-corrected chi connectivity index (χ0v) is 5.49. The molecule has 0 bridgehead atoms. The van der Waals surface area contributed by atoms with Gasteiger partial charge in [0, 0.05) is 0 Å². The summed E-state index contributed by atoms with van der Waals surface area (Å²) in [6, 6.07) is 0. The molecule has 3 N–H and O–H groups in total. The van der Waals surface area contributed by atoms with Gasteiger partial charge in [0.15, 0.2) is 0 Å². The van der Waals surface area contributed by atoms with E-state index >= 15 is 0 Å². The van der Waals surface area contributed by atoms with E-state index in [0.29, 0.717) is 5.41 Å². The fraction of sp³-hybridized carbons (Fsp3) is 0.667. The Morgan fingerprint density at radius 2 is 1.43 bits per heavy atom. The standard InChI is InChI=1S/C6H12.H3N/c1-5-6(2,3)4;/h5H,1H2,2-4H3;1H3. The Hall–Kier alpha value is -0.300. The molecular weight excluding hydrogens is 86.1 g/mol. The largest absolute Gasteiger partial charge is 0.344 e. The average Bonchev–Trinajstić information content (AvgIpc) is 1.35. The average molecular weight is 101 g/mol. The van der Waals surface area contributed by atoms with E-state index in [0.717, 1.165) is 0 Å². The molecule has 1 heteroatoms. The van der Waals surface area contributed by atoms with Crippen LogP contribution in [0.15, 0.2) is 12.7 Å². The second-order valence-electron chi connectivity index (χ2n) is 2.57. The molecule has 0 aliphatic carbocycles. The summed E-state index contributed by atoms with van der Waals surface area (Å²) in [5, 5.41) is 0. The highest BCUT2D eigenvalue weighted by molar-refractivity contribution is 4.82. The molecule has 44 valence electrons. The van der Waals surface area contributed by atoms with Crippen LogP contribution in [-0.2, 0) is 0 Å². The molecule has 0 unspecified atom stereocenters. The maximum absolute atomic E-state index is 3.63. The summed E-state index contributed by atoms with van der Waals surface area (Å²) in [5.74, 6) is 0. The smallest absolute Gasteiger partial charge is 0.0206 e. The Morgan fingerprint density at radius 1 is 1.29 bits per heavy atom. The lowest BCUT2D eigenvalue weighted by Crippen LogP contribution is -1.96. The Bertz CT molecular complexity index is 49.7. The Morgan fingerprint density at radius 3 is 1.43 bits per heavy atom. The van der Waals surface area contributed by atoms with Crippen LogP contribution in [0.4, 0.5) is 0 Å². The topological polar surface area (TPSA) is 35.0 Å². The fourth-order valence-electron chi connectivity index (χ4n) is 0. The first-order valence-electron chi connectivity index (χ1n) is 2.20. The van der Waals surface area contributed by atoms with Gasteiger partial charge in [-0.1, -0.05) is 26.8 Å². The van der Waals surface area contributed by atoms with E-state index in [9.17, 15) is 0 Å². The molecule has 0 atom stereocenters. The number of hydrogen-bond donors (Lipinski definition) is 1. The molecule has 0 rings (SSSR count). The lowest BCUT2D eigenvalue weighted by atomic mass is 9.98. The van der Waals surface area contributed by atoms with Gasteiger partial charge in [-0.05, 0) is 5.41 Å². The number of allylic oxidation sites excluding steroid dienone is 1. The summed E-state index contributed by atoms with van der Waals surface area (Å²) in [6.07, 6.45) is 1.94. The number of hydrogen-bond acceptors (Lipinski definition) is 1. The molecule has 0 fully saturated rings. The molecule has 0 amide bonds. The van der Waals surface area contributed by atoms with Crippen LogP contribution in [0.2, 0.25) is 0 Å². The van der Waals surface area contributed by atoms with Crippen molar-refractivity contribution in [3.8, 4) is 0 Å². The van der Waals surface area contributed by atoms with E-state index in [1.54, 1.807) is 0 Å². The van der Waals surface area contributed by atoms with Crippen molar-refractivity contribution in [2.45, 2.75) is 20.8 Å². The van der Waals surface area contributed by atoms with Crippen LogP contribution in [0.5, 0.6) is 0 Å². The van der Waals surface area contributed by atoms with Gasteiger partial charge in [-0.2, -0.15) is 0 Å². The van der Waals surface area contributed by atoms with E-state index in [1.165, 1.54) is 0 Å². The summed E-state index contributed by atoms with van der Waals surface area (Å²) in [5.41, 5.74) is 0.306. The molecule has 0 aliphatic rings. The normalized spacial score (nSPS) is 9.57. The van der Waals surface area contributed by atoms with Crippen molar-refractivity contribution in [2.24, 2.45) is 5.41 Å². The van der Waals surface area contributed by atoms with Crippen molar-refractivity contribution < 1.29 is 0 Å². The zero-order chi connectivity index (χ0) is 5.21. The number of rotatable bonds is 0. The minimum Gasteiger partial charge on any atom is -0.344 e. The van der Waals surface area contributed by atoms with E-state index < -0.39 is 0 Å². The highest BCUT2D eigenvalue weighted by atomic mass is 14.0. The van der Waals surface area contributed by atoms with Crippen molar-refractivity contribution in [3.05, 3.63) is 12.7 Å². The van der Waals surface area contributed by atoms with Gasteiger partial charge in [0.2, 0.25) is 0 Å². The highest BCUT2D eigenvalue weighted by Crippen LogP contribution is 2.11. The predicted molar refractivity (Wildman–Crippen MR) is 34.7 cm³/mol. The minimum absolute atomic E-state index is 0. The van der Waals surface area contributed by atoms with Gasteiger partial charge < -0.3 is 6.15 Å². The molecule has 7 heavy (non-hydrogen) atoms. The Kier molecular flexibility index (Phi) is 3.95. The lowest BCUT2D eigenvalue weighted by Gasteiger charge is -2.08. The molecule has 0 heterocycles. The molecule has 0 spiro atoms. The molecular formula is C6H15N. The molecule has 0 radical (unpaired) electrons. The second-order valence-corrected chi connectivity index (χ2v) is 2.57. The molecule has 0 aromatic heterocycles. The second kappa shape index (κ2) is 2.80. The molecule has 0 saturated heterocycles. The molecule has 1 nitrogen and oxygen atoms in total. The van der Waals surface area contributed by atoms with E-state index in [2.05, 4.69) is 27.4 Å². The van der Waals surface area contributed by atoms with Crippen LogP contribution in [0.1, 0.15) is 20.8 Å². The van der Waals surface area contributed by atoms with Crippen LogP contribution in [0, 0.1) is 5.41 Å². The van der Waals surface area contributed by atoms with Crippen LogP contribution < -0.4 is 6.15 Å². The minimum atomic E-state index is 0. The van der Waals surface area contributed by atoms with Crippen LogP contribution in [-0.4, -0.2) is 0 Å². The monoisotopic (exact) mass is 101 g/mol. The molecule has 0 aromatic rings.